The number of methoxy groups -OCH3 is 1. The van der Waals surface area contributed by atoms with E-state index in [-0.39, 0.29) is 43.0 Å². The van der Waals surface area contributed by atoms with Crippen LogP contribution >= 0.6 is 0 Å². The number of ether oxygens (including phenoxy) is 6. The van der Waals surface area contributed by atoms with Crippen molar-refractivity contribution >= 4 is 21.7 Å². The van der Waals surface area contributed by atoms with E-state index in [0.717, 1.165) is 0 Å². The topological polar surface area (TPSA) is 267 Å². The standard InChI is InChI=1S/C50H83FN4O15S/c1-28-24-48(8,61)45(30(3)42(69-40-25-49(9,65-13)44(59)33(6)67-40)31(4)46(60)68-34(7)50(10,62)43(58)32(5)55(12)27-28)70-47-41(57)38(22-29(2)66-47)54(11)20-18-39(56)53-36(26-51)23-35-14-16-37(17-15-35)71(63,64)21-19-52/h14-17,28-34,36,38,40-45,47,57-59,61-62H,18,20-27H2,1-13H3,(H,53,56)/t28-,29-,30+,31-,32-,33+,34-,36+,38+,40+,41-,42+,43-,44+,45-,47+,48?,49?,50?/m1/s1. The fourth-order valence-corrected chi connectivity index (χ4v) is 11.3. The summed E-state index contributed by atoms with van der Waals surface area (Å²) >= 11 is 0. The molecule has 4 rings (SSSR count). The highest BCUT2D eigenvalue weighted by Gasteiger charge is 2.52. The number of hydrogen-bond donors (Lipinski definition) is 6. The molecule has 3 heterocycles. The minimum Gasteiger partial charge on any atom is -0.459 e. The van der Waals surface area contributed by atoms with Crippen molar-refractivity contribution in [1.82, 2.24) is 15.1 Å². The van der Waals surface area contributed by atoms with Gasteiger partial charge in [0.1, 0.15) is 42.4 Å². The van der Waals surface area contributed by atoms with Crippen LogP contribution in [0.15, 0.2) is 29.2 Å². The Morgan fingerprint density at radius 2 is 1.65 bits per heavy atom. The summed E-state index contributed by atoms with van der Waals surface area (Å²) in [5.41, 5.74) is -4.12. The lowest BCUT2D eigenvalue weighted by Crippen LogP contribution is -2.61. The monoisotopic (exact) mass is 1030 g/mol. The van der Waals surface area contributed by atoms with Gasteiger partial charge in [0.15, 0.2) is 22.4 Å². The molecule has 1 amide bonds. The van der Waals surface area contributed by atoms with Gasteiger partial charge in [-0.3, -0.25) is 9.59 Å². The second kappa shape index (κ2) is 25.1. The number of aliphatic hydroxyl groups excluding tert-OH is 3. The Hall–Kier alpha value is -2.95. The number of benzene rings is 1. The maximum absolute atomic E-state index is 14.3. The molecule has 3 fully saturated rings. The number of likely N-dealkylation sites (N-methyl/N-ethyl adjacent to an activating group) is 2. The van der Waals surface area contributed by atoms with Crippen LogP contribution in [0.2, 0.25) is 0 Å². The van der Waals surface area contributed by atoms with Crippen LogP contribution in [-0.2, 0) is 54.3 Å². The van der Waals surface area contributed by atoms with Crippen LogP contribution in [0.4, 0.5) is 4.39 Å². The van der Waals surface area contributed by atoms with E-state index in [0.29, 0.717) is 18.5 Å². The molecule has 19 nitrogen and oxygen atoms in total. The number of carbonyl (C=O) groups is 2. The van der Waals surface area contributed by atoms with Gasteiger partial charge in [-0.15, -0.1) is 0 Å². The molecule has 3 saturated heterocycles. The van der Waals surface area contributed by atoms with Gasteiger partial charge in [-0.05, 0) is 112 Å². The minimum absolute atomic E-state index is 0.0335. The zero-order valence-electron chi connectivity index (χ0n) is 43.9. The number of esters is 1. The third kappa shape index (κ3) is 15.1. The maximum Gasteiger partial charge on any atom is 0.311 e. The molecule has 0 spiro atoms. The van der Waals surface area contributed by atoms with E-state index < -0.39 is 142 Å². The lowest BCUT2D eigenvalue weighted by atomic mass is 9.77. The fraction of sp³-hybridized carbons (Fsp3) is 0.820. The molecular weight excluding hydrogens is 948 g/mol. The third-order valence-corrected chi connectivity index (χ3v) is 16.7. The molecule has 19 atom stereocenters. The number of nitrogens with one attached hydrogen (secondary N) is 1. The van der Waals surface area contributed by atoms with E-state index in [1.165, 1.54) is 45.2 Å². The molecule has 71 heavy (non-hydrogen) atoms. The van der Waals surface area contributed by atoms with Crippen molar-refractivity contribution in [2.24, 2.45) is 17.8 Å². The lowest BCUT2D eigenvalue weighted by molar-refractivity contribution is -0.318. The summed E-state index contributed by atoms with van der Waals surface area (Å²) in [7, 11) is 1.21. The van der Waals surface area contributed by atoms with E-state index in [1.54, 1.807) is 66.6 Å². The highest BCUT2D eigenvalue weighted by atomic mass is 32.2. The first kappa shape index (κ1) is 60.6. The van der Waals surface area contributed by atoms with E-state index in [2.05, 4.69) is 5.32 Å². The molecule has 21 heteroatoms. The second-order valence-electron chi connectivity index (χ2n) is 21.4. The van der Waals surface area contributed by atoms with Crippen molar-refractivity contribution in [2.75, 3.05) is 46.7 Å². The van der Waals surface area contributed by atoms with E-state index in [1.807, 2.05) is 18.7 Å². The van der Waals surface area contributed by atoms with Gasteiger partial charge in [-0.1, -0.05) is 26.0 Å². The quantitative estimate of drug-likeness (QED) is 0.138. The van der Waals surface area contributed by atoms with Gasteiger partial charge in [-0.2, -0.15) is 5.26 Å². The molecule has 406 valence electrons. The Balaban J connectivity index is 1.62. The molecule has 0 aliphatic carbocycles. The molecule has 3 unspecified atom stereocenters. The minimum atomic E-state index is -3.77. The molecule has 1 aromatic carbocycles. The van der Waals surface area contributed by atoms with Crippen LogP contribution in [0.5, 0.6) is 0 Å². The largest absolute Gasteiger partial charge is 0.459 e. The Labute approximate surface area is 420 Å². The number of nitriles is 1. The van der Waals surface area contributed by atoms with Crippen LogP contribution in [0.1, 0.15) is 100 Å². The Kier molecular flexibility index (Phi) is 21.4. The molecule has 1 aromatic rings. The third-order valence-electron chi connectivity index (χ3n) is 15.2. The number of sulfone groups is 1. The zero-order chi connectivity index (χ0) is 53.6. The molecule has 6 N–H and O–H groups in total. The predicted molar refractivity (Wildman–Crippen MR) is 259 cm³/mol. The summed E-state index contributed by atoms with van der Waals surface area (Å²) in [6, 6.07) is 5.20. The Morgan fingerprint density at radius 1 is 1.01 bits per heavy atom. The number of hydrogen-bond acceptors (Lipinski definition) is 18. The first-order valence-corrected chi connectivity index (χ1v) is 26.4. The van der Waals surface area contributed by atoms with Crippen molar-refractivity contribution in [2.45, 2.75) is 203 Å². The van der Waals surface area contributed by atoms with Gasteiger partial charge in [0.2, 0.25) is 5.91 Å². The molecule has 0 radical (unpaired) electrons. The van der Waals surface area contributed by atoms with Crippen LogP contribution in [-0.4, -0.2) is 199 Å². The molecule has 3 aliphatic heterocycles. The van der Waals surface area contributed by atoms with Crippen molar-refractivity contribution < 1.29 is 76.4 Å². The van der Waals surface area contributed by atoms with Gasteiger partial charge >= 0.3 is 5.97 Å². The fourth-order valence-electron chi connectivity index (χ4n) is 10.4. The number of carbonyl (C=O) groups excluding carboxylic acids is 2. The molecule has 0 aromatic heterocycles. The normalized spacial score (nSPS) is 39.9. The lowest BCUT2D eigenvalue weighted by Gasteiger charge is -2.49. The van der Waals surface area contributed by atoms with Crippen molar-refractivity contribution in [1.29, 1.82) is 5.26 Å². The number of aliphatic hydroxyl groups is 5. The number of cyclic esters (lactones) is 1. The smallest absolute Gasteiger partial charge is 0.311 e. The SMILES string of the molecule is COC1(C)C[C@H](O[C@H]2[C@H](C)[C@@H](O[C@@H]3O[C@H](C)C[C@H](N(C)CCC(=O)N[C@H](CF)Cc4ccc(S(=O)(=O)CC#N)cc4)[C@H]3O)C(C)(O)C[C@@H](C)CN(C)[C@H](C)[C@@H](O)C(C)(O)[C@@H](C)OC(=O)[C@@H]2C)O[C@@H](C)[C@@H]1O. The maximum atomic E-state index is 14.3. The van der Waals surface area contributed by atoms with Crippen LogP contribution in [0.25, 0.3) is 0 Å². The van der Waals surface area contributed by atoms with E-state index in [4.69, 9.17) is 33.7 Å². The summed E-state index contributed by atoms with van der Waals surface area (Å²) in [6.45, 7) is 16.3. The zero-order valence-corrected chi connectivity index (χ0v) is 44.7. The van der Waals surface area contributed by atoms with Gasteiger partial charge in [0.05, 0.1) is 58.5 Å². The molecule has 0 saturated carbocycles. The summed E-state index contributed by atoms with van der Waals surface area (Å²) in [5, 5.41) is 70.6. The predicted octanol–water partition coefficient (Wildman–Crippen LogP) is 2.27. The Morgan fingerprint density at radius 3 is 2.24 bits per heavy atom. The summed E-state index contributed by atoms with van der Waals surface area (Å²) < 4.78 is 76.4. The average molecular weight is 1030 g/mol. The van der Waals surface area contributed by atoms with Crippen LogP contribution in [0, 0.1) is 29.1 Å². The first-order valence-electron chi connectivity index (χ1n) is 24.7. The summed E-state index contributed by atoms with van der Waals surface area (Å²) in [5.74, 6) is -4.18. The van der Waals surface area contributed by atoms with Gasteiger partial charge in [-0.25, -0.2) is 12.8 Å². The molecule has 3 aliphatic rings. The van der Waals surface area contributed by atoms with Crippen molar-refractivity contribution in [3.63, 3.8) is 0 Å². The first-order chi connectivity index (χ1) is 32.9. The number of alkyl halides is 1. The van der Waals surface area contributed by atoms with Crippen LogP contribution in [0.3, 0.4) is 0 Å². The van der Waals surface area contributed by atoms with E-state index >= 15 is 0 Å². The van der Waals surface area contributed by atoms with Crippen LogP contribution < -0.4 is 5.32 Å². The highest BCUT2D eigenvalue weighted by molar-refractivity contribution is 7.91. The number of nitrogens with zero attached hydrogens (tertiary/aromatic N) is 3. The van der Waals surface area contributed by atoms with Gasteiger partial charge in [0.25, 0.3) is 0 Å². The number of halogens is 1. The molecule has 0 bridgehead atoms. The second-order valence-corrected chi connectivity index (χ2v) is 23.4. The van der Waals surface area contributed by atoms with Gasteiger partial charge < -0.3 is 69.1 Å². The summed E-state index contributed by atoms with van der Waals surface area (Å²) in [4.78, 5) is 31.1. The summed E-state index contributed by atoms with van der Waals surface area (Å²) in [6.07, 6.45) is -10.4. The number of rotatable bonds is 15. The Bertz CT molecular complexity index is 2050. The molecular formula is C50H83FN4O15S. The van der Waals surface area contributed by atoms with Gasteiger partial charge in [0, 0.05) is 51.0 Å². The van der Waals surface area contributed by atoms with Crippen molar-refractivity contribution in [3.8, 4) is 6.07 Å². The van der Waals surface area contributed by atoms with E-state index in [9.17, 15) is 47.9 Å². The number of amides is 1. The van der Waals surface area contributed by atoms with Crippen molar-refractivity contribution in [3.05, 3.63) is 29.8 Å². The average Bonchev–Trinajstić information content (AvgIpc) is 3.29. The highest BCUT2D eigenvalue weighted by Crippen LogP contribution is 2.40.